The Morgan fingerprint density at radius 1 is 1.59 bits per heavy atom. The van der Waals surface area contributed by atoms with Crippen LogP contribution in [-0.4, -0.2) is 18.6 Å². The molecule has 1 aromatic rings. The first-order valence-corrected chi connectivity index (χ1v) is 5.61. The summed E-state index contributed by atoms with van der Waals surface area (Å²) in [4.78, 5) is 11.6. The fraction of sp³-hybridized carbons (Fsp3) is 0.417. The van der Waals surface area contributed by atoms with Gasteiger partial charge in [0.1, 0.15) is 5.82 Å². The van der Waals surface area contributed by atoms with Gasteiger partial charge < -0.3 is 15.8 Å². The van der Waals surface area contributed by atoms with Crippen molar-refractivity contribution in [2.75, 3.05) is 17.7 Å². The van der Waals surface area contributed by atoms with E-state index in [1.807, 2.05) is 0 Å². The minimum absolute atomic E-state index is 0.00722. The normalized spacial score (nSPS) is 19.2. The number of carbonyl (C=O) groups excluding carboxylic acids is 1. The molecule has 0 bridgehead atoms. The van der Waals surface area contributed by atoms with E-state index < -0.39 is 5.82 Å². The molecule has 1 unspecified atom stereocenters. The molecule has 1 aliphatic rings. The molecule has 0 spiro atoms. The largest absolute Gasteiger partial charge is 0.396 e. The van der Waals surface area contributed by atoms with E-state index in [0.717, 1.165) is 19.4 Å². The number of rotatable bonds is 3. The van der Waals surface area contributed by atoms with E-state index in [-0.39, 0.29) is 17.7 Å². The van der Waals surface area contributed by atoms with Crippen LogP contribution >= 0.6 is 0 Å². The maximum absolute atomic E-state index is 12.9. The zero-order valence-corrected chi connectivity index (χ0v) is 9.41. The van der Waals surface area contributed by atoms with Gasteiger partial charge in [0.2, 0.25) is 5.91 Å². The van der Waals surface area contributed by atoms with Gasteiger partial charge in [0.25, 0.3) is 0 Å². The van der Waals surface area contributed by atoms with Gasteiger partial charge >= 0.3 is 0 Å². The van der Waals surface area contributed by atoms with Crippen molar-refractivity contribution in [3.8, 4) is 0 Å². The van der Waals surface area contributed by atoms with Crippen LogP contribution in [0.3, 0.4) is 0 Å². The van der Waals surface area contributed by atoms with Crippen molar-refractivity contribution in [2.45, 2.75) is 25.4 Å². The highest BCUT2D eigenvalue weighted by molar-refractivity contribution is 5.91. The number of ether oxygens (including phenoxy) is 1. The number of nitrogens with one attached hydrogen (secondary N) is 1. The summed E-state index contributed by atoms with van der Waals surface area (Å²) < 4.78 is 18.3. The SMILES string of the molecule is Nc1cc(NC(=O)CC2CCCO2)ccc1F. The molecule has 1 aromatic carbocycles. The van der Waals surface area contributed by atoms with Crippen LogP contribution in [0.25, 0.3) is 0 Å². The number of anilines is 2. The van der Waals surface area contributed by atoms with Crippen LogP contribution in [0.15, 0.2) is 18.2 Å². The Kier molecular flexibility index (Phi) is 3.58. The molecule has 0 saturated carbocycles. The highest BCUT2D eigenvalue weighted by Gasteiger charge is 2.19. The number of nitrogens with two attached hydrogens (primary N) is 1. The topological polar surface area (TPSA) is 64.3 Å². The minimum atomic E-state index is -0.484. The van der Waals surface area contributed by atoms with Gasteiger partial charge in [-0.3, -0.25) is 4.79 Å². The van der Waals surface area contributed by atoms with Gasteiger partial charge in [-0.05, 0) is 31.0 Å². The maximum Gasteiger partial charge on any atom is 0.226 e. The summed E-state index contributed by atoms with van der Waals surface area (Å²) in [6, 6.07) is 4.12. The monoisotopic (exact) mass is 238 g/mol. The summed E-state index contributed by atoms with van der Waals surface area (Å²) >= 11 is 0. The van der Waals surface area contributed by atoms with Crippen molar-refractivity contribution in [3.05, 3.63) is 24.0 Å². The highest BCUT2D eigenvalue weighted by atomic mass is 19.1. The third-order valence-corrected chi connectivity index (χ3v) is 2.72. The Hall–Kier alpha value is -1.62. The van der Waals surface area contributed by atoms with Gasteiger partial charge in [0.15, 0.2) is 0 Å². The quantitative estimate of drug-likeness (QED) is 0.791. The smallest absolute Gasteiger partial charge is 0.226 e. The summed E-state index contributed by atoms with van der Waals surface area (Å²) in [5.74, 6) is -0.620. The van der Waals surface area contributed by atoms with Gasteiger partial charge in [-0.15, -0.1) is 0 Å². The third kappa shape index (κ3) is 3.17. The second kappa shape index (κ2) is 5.14. The lowest BCUT2D eigenvalue weighted by molar-refractivity contribution is -0.118. The van der Waals surface area contributed by atoms with E-state index in [0.29, 0.717) is 12.1 Å². The average molecular weight is 238 g/mol. The van der Waals surface area contributed by atoms with E-state index >= 15 is 0 Å². The predicted octanol–water partition coefficient (Wildman–Crippen LogP) is 1.92. The predicted molar refractivity (Wildman–Crippen MR) is 63.0 cm³/mol. The van der Waals surface area contributed by atoms with E-state index in [1.54, 1.807) is 0 Å². The van der Waals surface area contributed by atoms with Crippen molar-refractivity contribution in [1.29, 1.82) is 0 Å². The number of carbonyl (C=O) groups is 1. The van der Waals surface area contributed by atoms with Crippen LogP contribution in [0.4, 0.5) is 15.8 Å². The number of benzene rings is 1. The summed E-state index contributed by atoms with van der Waals surface area (Å²) in [5, 5.41) is 2.67. The van der Waals surface area contributed by atoms with E-state index in [2.05, 4.69) is 5.32 Å². The Labute approximate surface area is 98.9 Å². The molecule has 92 valence electrons. The molecule has 0 radical (unpaired) electrons. The van der Waals surface area contributed by atoms with Gasteiger partial charge in [0.05, 0.1) is 18.2 Å². The molecule has 1 aliphatic heterocycles. The molecule has 1 fully saturated rings. The second-order valence-electron chi connectivity index (χ2n) is 4.12. The fourth-order valence-electron chi connectivity index (χ4n) is 1.85. The molecule has 3 N–H and O–H groups in total. The lowest BCUT2D eigenvalue weighted by Gasteiger charge is -2.10. The van der Waals surface area contributed by atoms with Crippen molar-refractivity contribution >= 4 is 17.3 Å². The Morgan fingerprint density at radius 2 is 2.41 bits per heavy atom. The molecule has 5 heteroatoms. The lowest BCUT2D eigenvalue weighted by atomic mass is 10.1. The molecule has 0 aromatic heterocycles. The van der Waals surface area contributed by atoms with Crippen LogP contribution in [0.5, 0.6) is 0 Å². The van der Waals surface area contributed by atoms with Crippen LogP contribution in [0.2, 0.25) is 0 Å². The summed E-state index contributed by atoms with van der Waals surface area (Å²) in [7, 11) is 0. The van der Waals surface area contributed by atoms with Gasteiger partial charge in [-0.2, -0.15) is 0 Å². The third-order valence-electron chi connectivity index (χ3n) is 2.72. The molecule has 17 heavy (non-hydrogen) atoms. The highest BCUT2D eigenvalue weighted by Crippen LogP contribution is 2.19. The first kappa shape index (κ1) is 11.9. The van der Waals surface area contributed by atoms with Crippen LogP contribution in [0, 0.1) is 5.82 Å². The van der Waals surface area contributed by atoms with Crippen LogP contribution in [-0.2, 0) is 9.53 Å². The van der Waals surface area contributed by atoms with Crippen molar-refractivity contribution in [2.24, 2.45) is 0 Å². The van der Waals surface area contributed by atoms with Crippen molar-refractivity contribution < 1.29 is 13.9 Å². The van der Waals surface area contributed by atoms with E-state index in [4.69, 9.17) is 10.5 Å². The zero-order chi connectivity index (χ0) is 12.3. The summed E-state index contributed by atoms with van der Waals surface area (Å²) in [6.45, 7) is 0.724. The Balaban J connectivity index is 1.90. The molecule has 2 rings (SSSR count). The molecule has 1 heterocycles. The fourth-order valence-corrected chi connectivity index (χ4v) is 1.85. The first-order valence-electron chi connectivity index (χ1n) is 5.61. The Bertz CT molecular complexity index is 417. The summed E-state index contributed by atoms with van der Waals surface area (Å²) in [6.07, 6.45) is 2.25. The maximum atomic E-state index is 12.9. The number of amides is 1. The second-order valence-corrected chi connectivity index (χ2v) is 4.12. The molecule has 1 saturated heterocycles. The van der Waals surface area contributed by atoms with Gasteiger partial charge in [0, 0.05) is 12.3 Å². The van der Waals surface area contributed by atoms with Gasteiger partial charge in [-0.25, -0.2) is 4.39 Å². The number of hydrogen-bond donors (Lipinski definition) is 2. The van der Waals surface area contributed by atoms with Crippen molar-refractivity contribution in [1.82, 2.24) is 0 Å². The molecular weight excluding hydrogens is 223 g/mol. The summed E-state index contributed by atoms with van der Waals surface area (Å²) in [5.41, 5.74) is 5.94. The standard InChI is InChI=1S/C12H15FN2O2/c13-10-4-3-8(6-11(10)14)15-12(16)7-9-2-1-5-17-9/h3-4,6,9H,1-2,5,7,14H2,(H,15,16). The molecular formula is C12H15FN2O2. The number of hydrogen-bond acceptors (Lipinski definition) is 3. The molecule has 1 atom stereocenters. The average Bonchev–Trinajstić information content (AvgIpc) is 2.76. The number of halogens is 1. The van der Waals surface area contributed by atoms with E-state index in [9.17, 15) is 9.18 Å². The van der Waals surface area contributed by atoms with Gasteiger partial charge in [-0.1, -0.05) is 0 Å². The lowest BCUT2D eigenvalue weighted by Crippen LogP contribution is -2.19. The van der Waals surface area contributed by atoms with E-state index in [1.165, 1.54) is 18.2 Å². The zero-order valence-electron chi connectivity index (χ0n) is 9.41. The first-order chi connectivity index (χ1) is 8.15. The number of nitrogen functional groups attached to an aromatic ring is 1. The van der Waals surface area contributed by atoms with Crippen LogP contribution < -0.4 is 11.1 Å². The molecule has 1 amide bonds. The minimum Gasteiger partial charge on any atom is -0.396 e. The van der Waals surface area contributed by atoms with Crippen molar-refractivity contribution in [3.63, 3.8) is 0 Å². The Morgan fingerprint density at radius 3 is 3.06 bits per heavy atom. The van der Waals surface area contributed by atoms with Crippen LogP contribution in [0.1, 0.15) is 19.3 Å². The molecule has 0 aliphatic carbocycles. The molecule has 4 nitrogen and oxygen atoms in total.